The number of likely N-dealkylation sites (tertiary alicyclic amines) is 1. The lowest BCUT2D eigenvalue weighted by atomic mass is 9.71. The quantitative estimate of drug-likeness (QED) is 0.777. The lowest BCUT2D eigenvalue weighted by Crippen LogP contribution is -2.53. The first kappa shape index (κ1) is 20.3. The molecule has 5 nitrogen and oxygen atoms in total. The van der Waals surface area contributed by atoms with E-state index in [1.54, 1.807) is 0 Å². The fourth-order valence-electron chi connectivity index (χ4n) is 5.60. The highest BCUT2D eigenvalue weighted by Crippen LogP contribution is 2.41. The standard InChI is InChI=1S/C23H29ClN2O3/c1-14(17-13-25(2)20-10-4-8-18(24)22(17)20)12-21(27)26-11-5-7-15-16(23(28)29)6-3-9-19(15)26/h4,8,10,13-16,19H,3,5-7,9,11-12H2,1-2H3,(H,28,29). The molecule has 29 heavy (non-hydrogen) atoms. The molecule has 1 N–H and O–H groups in total. The van der Waals surface area contributed by atoms with Crippen molar-refractivity contribution in [3.8, 4) is 0 Å². The number of amides is 1. The zero-order valence-electron chi connectivity index (χ0n) is 17.1. The van der Waals surface area contributed by atoms with Gasteiger partial charge >= 0.3 is 5.97 Å². The predicted molar refractivity (Wildman–Crippen MR) is 114 cm³/mol. The number of rotatable bonds is 4. The van der Waals surface area contributed by atoms with Gasteiger partial charge in [-0.05, 0) is 55.2 Å². The van der Waals surface area contributed by atoms with Crippen LogP contribution in [0.5, 0.6) is 0 Å². The topological polar surface area (TPSA) is 62.5 Å². The molecule has 2 heterocycles. The van der Waals surface area contributed by atoms with Gasteiger partial charge in [-0.2, -0.15) is 0 Å². The Morgan fingerprint density at radius 1 is 1.24 bits per heavy atom. The number of carbonyl (C=O) groups excluding carboxylic acids is 1. The van der Waals surface area contributed by atoms with Crippen molar-refractivity contribution in [1.29, 1.82) is 0 Å². The van der Waals surface area contributed by atoms with E-state index in [0.29, 0.717) is 11.4 Å². The number of aryl methyl sites for hydroxylation is 1. The second-order valence-electron chi connectivity index (χ2n) is 8.77. The average Bonchev–Trinajstić information content (AvgIpc) is 3.05. The second-order valence-corrected chi connectivity index (χ2v) is 9.18. The maximum absolute atomic E-state index is 13.3. The molecule has 0 radical (unpaired) electrons. The van der Waals surface area contributed by atoms with E-state index >= 15 is 0 Å². The first-order chi connectivity index (χ1) is 13.9. The second kappa shape index (κ2) is 8.02. The molecule has 1 amide bonds. The van der Waals surface area contributed by atoms with Gasteiger partial charge in [0, 0.05) is 43.2 Å². The summed E-state index contributed by atoms with van der Waals surface area (Å²) in [6.07, 6.45) is 6.86. The van der Waals surface area contributed by atoms with Crippen molar-refractivity contribution in [2.45, 2.75) is 57.4 Å². The number of hydrogen-bond donors (Lipinski definition) is 1. The summed E-state index contributed by atoms with van der Waals surface area (Å²) in [5, 5.41) is 11.3. The van der Waals surface area contributed by atoms with Crippen molar-refractivity contribution in [3.05, 3.63) is 35.0 Å². The molecule has 4 rings (SSSR count). The number of benzene rings is 1. The fraction of sp³-hybridized carbons (Fsp3) is 0.565. The third-order valence-electron chi connectivity index (χ3n) is 7.01. The van der Waals surface area contributed by atoms with Crippen LogP contribution in [-0.4, -0.2) is 39.0 Å². The Morgan fingerprint density at radius 3 is 2.79 bits per heavy atom. The molecule has 4 unspecified atom stereocenters. The van der Waals surface area contributed by atoms with Crippen molar-refractivity contribution in [2.75, 3.05) is 6.54 Å². The molecule has 156 valence electrons. The van der Waals surface area contributed by atoms with Gasteiger partial charge in [0.2, 0.25) is 5.91 Å². The number of carboxylic acids is 1. The van der Waals surface area contributed by atoms with Crippen molar-refractivity contribution in [1.82, 2.24) is 9.47 Å². The zero-order valence-corrected chi connectivity index (χ0v) is 17.9. The summed E-state index contributed by atoms with van der Waals surface area (Å²) in [5.41, 5.74) is 2.17. The number of halogens is 1. The van der Waals surface area contributed by atoms with Crippen molar-refractivity contribution in [3.63, 3.8) is 0 Å². The van der Waals surface area contributed by atoms with Crippen LogP contribution in [0.2, 0.25) is 5.02 Å². The molecule has 0 spiro atoms. The Labute approximate surface area is 176 Å². The van der Waals surface area contributed by atoms with Crippen LogP contribution in [0.3, 0.4) is 0 Å². The number of nitrogens with zero attached hydrogens (tertiary/aromatic N) is 2. The number of carbonyl (C=O) groups is 2. The van der Waals surface area contributed by atoms with Crippen LogP contribution >= 0.6 is 11.6 Å². The predicted octanol–water partition coefficient (Wildman–Crippen LogP) is 4.82. The van der Waals surface area contributed by atoms with Crippen LogP contribution in [0.15, 0.2) is 24.4 Å². The van der Waals surface area contributed by atoms with Crippen molar-refractivity contribution in [2.24, 2.45) is 18.9 Å². The zero-order chi connectivity index (χ0) is 20.7. The number of fused-ring (bicyclic) bond motifs is 2. The number of piperidine rings is 1. The molecule has 4 atom stereocenters. The van der Waals surface area contributed by atoms with Crippen LogP contribution in [0.25, 0.3) is 10.9 Å². The highest BCUT2D eigenvalue weighted by Gasteiger charge is 2.43. The van der Waals surface area contributed by atoms with Gasteiger partial charge in [0.15, 0.2) is 0 Å². The minimum atomic E-state index is -0.701. The molecule has 1 saturated carbocycles. The van der Waals surface area contributed by atoms with Gasteiger partial charge in [-0.3, -0.25) is 9.59 Å². The Morgan fingerprint density at radius 2 is 2.03 bits per heavy atom. The summed E-state index contributed by atoms with van der Waals surface area (Å²) < 4.78 is 2.06. The largest absolute Gasteiger partial charge is 0.481 e. The number of hydrogen-bond acceptors (Lipinski definition) is 2. The molecule has 1 saturated heterocycles. The summed E-state index contributed by atoms with van der Waals surface area (Å²) in [6, 6.07) is 5.96. The summed E-state index contributed by atoms with van der Waals surface area (Å²) in [6.45, 7) is 2.83. The monoisotopic (exact) mass is 416 g/mol. The first-order valence-corrected chi connectivity index (χ1v) is 11.0. The Bertz CT molecular complexity index is 938. The van der Waals surface area contributed by atoms with E-state index in [4.69, 9.17) is 11.6 Å². The lowest BCUT2D eigenvalue weighted by molar-refractivity contribution is -0.152. The Hall–Kier alpha value is -2.01. The molecule has 1 aromatic heterocycles. The summed E-state index contributed by atoms with van der Waals surface area (Å²) >= 11 is 6.48. The van der Waals surface area contributed by atoms with Gasteiger partial charge in [0.25, 0.3) is 0 Å². The highest BCUT2D eigenvalue weighted by atomic mass is 35.5. The molecule has 2 fully saturated rings. The van der Waals surface area contributed by atoms with Gasteiger partial charge in [-0.15, -0.1) is 0 Å². The van der Waals surface area contributed by atoms with E-state index in [-0.39, 0.29) is 29.7 Å². The van der Waals surface area contributed by atoms with E-state index < -0.39 is 5.97 Å². The van der Waals surface area contributed by atoms with Crippen LogP contribution < -0.4 is 0 Å². The third kappa shape index (κ3) is 3.65. The molecular weight excluding hydrogens is 388 g/mol. The van der Waals surface area contributed by atoms with Gasteiger partial charge < -0.3 is 14.6 Å². The fourth-order valence-corrected chi connectivity index (χ4v) is 5.88. The molecule has 6 heteroatoms. The number of carboxylic acid groups (broad SMARTS) is 1. The van der Waals surface area contributed by atoms with Gasteiger partial charge in [-0.25, -0.2) is 0 Å². The van der Waals surface area contributed by atoms with E-state index in [1.165, 1.54) is 0 Å². The Kier molecular flexibility index (Phi) is 5.60. The maximum Gasteiger partial charge on any atom is 0.306 e. The van der Waals surface area contributed by atoms with Crippen LogP contribution in [-0.2, 0) is 16.6 Å². The average molecular weight is 417 g/mol. The molecular formula is C23H29ClN2O3. The molecule has 1 aliphatic heterocycles. The van der Waals surface area contributed by atoms with Crippen LogP contribution in [0.4, 0.5) is 0 Å². The van der Waals surface area contributed by atoms with Gasteiger partial charge in [-0.1, -0.05) is 31.0 Å². The first-order valence-electron chi connectivity index (χ1n) is 10.6. The highest BCUT2D eigenvalue weighted by molar-refractivity contribution is 6.35. The molecule has 2 aliphatic rings. The van der Waals surface area contributed by atoms with Crippen molar-refractivity contribution >= 4 is 34.4 Å². The van der Waals surface area contributed by atoms with Gasteiger partial charge in [0.1, 0.15) is 0 Å². The summed E-state index contributed by atoms with van der Waals surface area (Å²) in [7, 11) is 2.00. The third-order valence-corrected chi connectivity index (χ3v) is 7.32. The molecule has 1 aliphatic carbocycles. The van der Waals surface area contributed by atoms with Crippen LogP contribution in [0.1, 0.15) is 56.9 Å². The smallest absolute Gasteiger partial charge is 0.306 e. The molecule has 0 bridgehead atoms. The molecule has 2 aromatic rings. The maximum atomic E-state index is 13.3. The van der Waals surface area contributed by atoms with E-state index in [9.17, 15) is 14.7 Å². The molecule has 1 aromatic carbocycles. The summed E-state index contributed by atoms with van der Waals surface area (Å²) in [5.74, 6) is -0.722. The minimum absolute atomic E-state index is 0.0466. The number of aromatic nitrogens is 1. The van der Waals surface area contributed by atoms with E-state index in [0.717, 1.165) is 55.1 Å². The normalized spacial score (nSPS) is 25.6. The minimum Gasteiger partial charge on any atom is -0.481 e. The van der Waals surface area contributed by atoms with Gasteiger partial charge in [0.05, 0.1) is 10.9 Å². The van der Waals surface area contributed by atoms with E-state index in [1.807, 2.05) is 30.1 Å². The van der Waals surface area contributed by atoms with Crippen molar-refractivity contribution < 1.29 is 14.7 Å². The SMILES string of the molecule is CC(CC(=O)N1CCCC2C(C(=O)O)CCCC21)c1cn(C)c2cccc(Cl)c12. The summed E-state index contributed by atoms with van der Waals surface area (Å²) in [4.78, 5) is 27.0. The lowest BCUT2D eigenvalue weighted by Gasteiger charge is -2.46. The van der Waals surface area contributed by atoms with E-state index in [2.05, 4.69) is 17.7 Å². The van der Waals surface area contributed by atoms with Crippen LogP contribution in [0, 0.1) is 11.8 Å². The number of aliphatic carboxylic acids is 1. The Balaban J connectivity index is 1.54.